The molecular formula is C10H19N3O2S. The van der Waals surface area contributed by atoms with Gasteiger partial charge in [-0.2, -0.15) is 17.0 Å². The summed E-state index contributed by atoms with van der Waals surface area (Å²) in [4.78, 5) is 0. The zero-order valence-corrected chi connectivity index (χ0v) is 10.2. The Morgan fingerprint density at radius 3 is 2.25 bits per heavy atom. The van der Waals surface area contributed by atoms with E-state index in [0.717, 1.165) is 45.3 Å². The number of hydrogen-bond acceptors (Lipinski definition) is 3. The zero-order chi connectivity index (χ0) is 11.2. The molecule has 92 valence electrons. The molecule has 16 heavy (non-hydrogen) atoms. The number of nitrogens with zero attached hydrogens (tertiary/aromatic N) is 2. The fourth-order valence-electron chi connectivity index (χ4n) is 2.74. The van der Waals surface area contributed by atoms with Crippen molar-refractivity contribution in [2.45, 2.75) is 37.8 Å². The van der Waals surface area contributed by atoms with Crippen molar-refractivity contribution < 1.29 is 8.42 Å². The first-order chi connectivity index (χ1) is 7.69. The molecule has 1 saturated carbocycles. The number of rotatable bonds is 2. The van der Waals surface area contributed by atoms with Crippen molar-refractivity contribution in [3.8, 4) is 0 Å². The standard InChI is InChI=1S/C10H19N3O2S/c14-16(15)12(9-2-3-9)6-1-7-13(16)10-4-5-11-8-10/h9-11H,1-8H2. The fourth-order valence-corrected chi connectivity index (χ4v) is 4.87. The molecule has 1 atom stereocenters. The Balaban J connectivity index is 1.81. The van der Waals surface area contributed by atoms with Crippen molar-refractivity contribution in [1.29, 1.82) is 0 Å². The zero-order valence-electron chi connectivity index (χ0n) is 9.43. The maximum absolute atomic E-state index is 12.4. The van der Waals surface area contributed by atoms with Gasteiger partial charge in [-0.15, -0.1) is 0 Å². The minimum absolute atomic E-state index is 0.187. The predicted molar refractivity (Wildman–Crippen MR) is 61.2 cm³/mol. The molecule has 3 fully saturated rings. The molecule has 3 aliphatic rings. The smallest absolute Gasteiger partial charge is 0.282 e. The van der Waals surface area contributed by atoms with E-state index in [9.17, 15) is 8.42 Å². The first kappa shape index (κ1) is 11.0. The van der Waals surface area contributed by atoms with Gasteiger partial charge in [0.2, 0.25) is 0 Å². The Labute approximate surface area is 97.0 Å². The van der Waals surface area contributed by atoms with Crippen molar-refractivity contribution in [2.24, 2.45) is 0 Å². The average Bonchev–Trinajstić information content (AvgIpc) is 2.92. The van der Waals surface area contributed by atoms with Crippen LogP contribution in [0.25, 0.3) is 0 Å². The molecule has 0 bridgehead atoms. The highest BCUT2D eigenvalue weighted by Gasteiger charge is 2.45. The van der Waals surface area contributed by atoms with Gasteiger partial charge in [-0.3, -0.25) is 0 Å². The molecule has 0 radical (unpaired) electrons. The van der Waals surface area contributed by atoms with Crippen molar-refractivity contribution in [3.05, 3.63) is 0 Å². The van der Waals surface area contributed by atoms with Gasteiger partial charge in [0.15, 0.2) is 0 Å². The topological polar surface area (TPSA) is 52.7 Å². The first-order valence-corrected chi connectivity index (χ1v) is 7.58. The summed E-state index contributed by atoms with van der Waals surface area (Å²) in [7, 11) is -3.16. The van der Waals surface area contributed by atoms with Crippen LogP contribution in [-0.4, -0.2) is 55.3 Å². The SMILES string of the molecule is O=S1(=O)N(C2CC2)CCCN1C1CCNC1. The summed E-state index contributed by atoms with van der Waals surface area (Å²) in [5.74, 6) is 0. The van der Waals surface area contributed by atoms with Crippen molar-refractivity contribution in [2.75, 3.05) is 26.2 Å². The van der Waals surface area contributed by atoms with Crippen LogP contribution in [-0.2, 0) is 10.2 Å². The summed E-state index contributed by atoms with van der Waals surface area (Å²) < 4.78 is 28.3. The predicted octanol–water partition coefficient (Wildman–Crippen LogP) is -0.237. The first-order valence-electron chi connectivity index (χ1n) is 6.19. The minimum atomic E-state index is -3.16. The molecule has 1 N–H and O–H groups in total. The molecule has 0 aromatic heterocycles. The summed E-state index contributed by atoms with van der Waals surface area (Å²) in [5.41, 5.74) is 0. The summed E-state index contributed by atoms with van der Waals surface area (Å²) in [6.45, 7) is 3.19. The lowest BCUT2D eigenvalue weighted by molar-refractivity contribution is 0.244. The molecule has 0 spiro atoms. The van der Waals surface area contributed by atoms with E-state index in [0.29, 0.717) is 12.6 Å². The van der Waals surface area contributed by atoms with Gasteiger partial charge < -0.3 is 5.32 Å². The highest BCUT2D eigenvalue weighted by Crippen LogP contribution is 2.33. The van der Waals surface area contributed by atoms with Gasteiger partial charge in [0.05, 0.1) is 0 Å². The molecule has 6 heteroatoms. The number of nitrogens with one attached hydrogen (secondary N) is 1. The molecule has 3 rings (SSSR count). The monoisotopic (exact) mass is 245 g/mol. The van der Waals surface area contributed by atoms with Crippen LogP contribution in [0.5, 0.6) is 0 Å². The highest BCUT2D eigenvalue weighted by molar-refractivity contribution is 7.86. The van der Waals surface area contributed by atoms with Crippen molar-refractivity contribution in [1.82, 2.24) is 13.9 Å². The third-order valence-electron chi connectivity index (χ3n) is 3.75. The van der Waals surface area contributed by atoms with Crippen LogP contribution in [0.4, 0.5) is 0 Å². The molecule has 2 heterocycles. The second-order valence-corrected chi connectivity index (χ2v) is 6.79. The lowest BCUT2D eigenvalue weighted by Crippen LogP contribution is -2.54. The van der Waals surface area contributed by atoms with E-state index in [4.69, 9.17) is 0 Å². The van der Waals surface area contributed by atoms with Gasteiger partial charge in [0.25, 0.3) is 10.2 Å². The Morgan fingerprint density at radius 1 is 1.00 bits per heavy atom. The highest BCUT2D eigenvalue weighted by atomic mass is 32.2. The molecule has 1 unspecified atom stereocenters. The van der Waals surface area contributed by atoms with Gasteiger partial charge >= 0.3 is 0 Å². The van der Waals surface area contributed by atoms with Crippen molar-refractivity contribution >= 4 is 10.2 Å². The number of hydrogen-bond donors (Lipinski definition) is 1. The van der Waals surface area contributed by atoms with E-state index in [1.807, 2.05) is 0 Å². The Morgan fingerprint density at radius 2 is 1.69 bits per heavy atom. The Kier molecular flexibility index (Phi) is 2.70. The molecular weight excluding hydrogens is 226 g/mol. The lowest BCUT2D eigenvalue weighted by atomic mass is 10.2. The lowest BCUT2D eigenvalue weighted by Gasteiger charge is -2.37. The maximum atomic E-state index is 12.4. The van der Waals surface area contributed by atoms with Crippen molar-refractivity contribution in [3.63, 3.8) is 0 Å². The minimum Gasteiger partial charge on any atom is -0.315 e. The molecule has 0 amide bonds. The summed E-state index contributed by atoms with van der Waals surface area (Å²) in [6, 6.07) is 0.494. The van der Waals surface area contributed by atoms with Gasteiger partial charge in [-0.05, 0) is 32.2 Å². The third-order valence-corrected chi connectivity index (χ3v) is 5.89. The summed E-state index contributed by atoms with van der Waals surface area (Å²) in [6.07, 6.45) is 4.04. The quantitative estimate of drug-likeness (QED) is 0.731. The van der Waals surface area contributed by atoms with Crippen LogP contribution in [0.3, 0.4) is 0 Å². The normalized spacial score (nSPS) is 36.6. The summed E-state index contributed by atoms with van der Waals surface area (Å²) in [5, 5.41) is 3.24. The van der Waals surface area contributed by atoms with E-state index in [-0.39, 0.29) is 6.04 Å². The third kappa shape index (κ3) is 1.77. The molecule has 0 aromatic rings. The Hall–Kier alpha value is -0.170. The molecule has 0 aromatic carbocycles. The van der Waals surface area contributed by atoms with Crippen LogP contribution < -0.4 is 5.32 Å². The molecule has 5 nitrogen and oxygen atoms in total. The van der Waals surface area contributed by atoms with Gasteiger partial charge in [-0.25, -0.2) is 0 Å². The molecule has 2 aliphatic heterocycles. The van der Waals surface area contributed by atoms with E-state index < -0.39 is 10.2 Å². The average molecular weight is 245 g/mol. The summed E-state index contributed by atoms with van der Waals surface area (Å²) >= 11 is 0. The second-order valence-electron chi connectivity index (χ2n) is 4.96. The second kappa shape index (κ2) is 3.94. The van der Waals surface area contributed by atoms with Crippen LogP contribution in [0, 0.1) is 0 Å². The Bertz CT molecular complexity index is 360. The van der Waals surface area contributed by atoms with Crippen LogP contribution in [0.1, 0.15) is 25.7 Å². The van der Waals surface area contributed by atoms with Crippen LogP contribution in [0.15, 0.2) is 0 Å². The molecule has 1 aliphatic carbocycles. The van der Waals surface area contributed by atoms with Gasteiger partial charge in [0.1, 0.15) is 0 Å². The van der Waals surface area contributed by atoms with E-state index in [1.165, 1.54) is 0 Å². The van der Waals surface area contributed by atoms with Crippen LogP contribution >= 0.6 is 0 Å². The fraction of sp³-hybridized carbons (Fsp3) is 1.00. The molecule has 2 saturated heterocycles. The van der Waals surface area contributed by atoms with E-state index in [1.54, 1.807) is 8.61 Å². The largest absolute Gasteiger partial charge is 0.315 e. The van der Waals surface area contributed by atoms with Crippen LogP contribution in [0.2, 0.25) is 0 Å². The van der Waals surface area contributed by atoms with Gasteiger partial charge in [-0.1, -0.05) is 0 Å². The van der Waals surface area contributed by atoms with E-state index in [2.05, 4.69) is 5.32 Å². The maximum Gasteiger partial charge on any atom is 0.282 e. The van der Waals surface area contributed by atoms with Gasteiger partial charge in [0, 0.05) is 31.7 Å². The van der Waals surface area contributed by atoms with E-state index >= 15 is 0 Å².